The first-order chi connectivity index (χ1) is 11.0. The highest BCUT2D eigenvalue weighted by Gasteiger charge is 2.49. The number of hydrogen-bond donors (Lipinski definition) is 2. The third-order valence-electron chi connectivity index (χ3n) is 4.44. The molecule has 0 aromatic heterocycles. The molecular weight excluding hydrogens is 300 g/mol. The highest BCUT2D eigenvalue weighted by molar-refractivity contribution is 6.98. The lowest BCUT2D eigenvalue weighted by molar-refractivity contribution is 0.350. The number of aliphatic hydroxyl groups is 1. The van der Waals surface area contributed by atoms with Gasteiger partial charge in [0, 0.05) is 6.42 Å². The molecule has 0 aliphatic carbocycles. The molecule has 2 aromatic rings. The van der Waals surface area contributed by atoms with Gasteiger partial charge in [-0.2, -0.15) is 0 Å². The summed E-state index contributed by atoms with van der Waals surface area (Å²) >= 11 is 0. The minimum Gasteiger partial charge on any atom is -0.424 e. The standard InChI is InChI=1S/C20H24O2Si/c1-20(2,16-10-5-11-17-21)23(22,18-12-6-3-7-13-18)19-14-8-4-9-15-19/h3-4,6-9,12-15,21-22H,10,16-17H2,1-2H3. The molecule has 2 nitrogen and oxygen atoms in total. The van der Waals surface area contributed by atoms with Crippen molar-refractivity contribution in [2.75, 3.05) is 6.61 Å². The Kier molecular flexibility index (Phi) is 5.78. The Morgan fingerprint density at radius 1 is 0.870 bits per heavy atom. The summed E-state index contributed by atoms with van der Waals surface area (Å²) in [6.07, 6.45) is 1.45. The van der Waals surface area contributed by atoms with Crippen LogP contribution < -0.4 is 10.4 Å². The predicted molar refractivity (Wildman–Crippen MR) is 98.3 cm³/mol. The van der Waals surface area contributed by atoms with Crippen molar-refractivity contribution in [3.05, 3.63) is 60.7 Å². The second-order valence-corrected chi connectivity index (χ2v) is 10.3. The Balaban J connectivity index is 2.45. The molecule has 0 bridgehead atoms. The maximum atomic E-state index is 11.9. The van der Waals surface area contributed by atoms with Crippen LogP contribution in [0.25, 0.3) is 0 Å². The lowest BCUT2D eigenvalue weighted by atomic mass is 10.1. The van der Waals surface area contributed by atoms with Crippen LogP contribution in [0.2, 0.25) is 5.04 Å². The zero-order valence-electron chi connectivity index (χ0n) is 13.8. The van der Waals surface area contributed by atoms with Gasteiger partial charge in [-0.25, -0.2) is 0 Å². The molecule has 0 radical (unpaired) electrons. The quantitative estimate of drug-likeness (QED) is 0.654. The van der Waals surface area contributed by atoms with E-state index in [1.54, 1.807) is 0 Å². The fraction of sp³-hybridized carbons (Fsp3) is 0.300. The van der Waals surface area contributed by atoms with Crippen LogP contribution in [-0.4, -0.2) is 24.8 Å². The number of benzene rings is 2. The predicted octanol–water partition coefficient (Wildman–Crippen LogP) is 2.29. The molecule has 0 aliphatic heterocycles. The van der Waals surface area contributed by atoms with Crippen LogP contribution >= 0.6 is 0 Å². The van der Waals surface area contributed by atoms with Crippen molar-refractivity contribution in [2.24, 2.45) is 0 Å². The SMILES string of the molecule is CC(C)(CCC#CCO)[Si](O)(c1ccccc1)c1ccccc1. The fourth-order valence-electron chi connectivity index (χ4n) is 3.01. The summed E-state index contributed by atoms with van der Waals surface area (Å²) < 4.78 is 0. The summed E-state index contributed by atoms with van der Waals surface area (Å²) in [5.74, 6) is 5.67. The topological polar surface area (TPSA) is 40.5 Å². The van der Waals surface area contributed by atoms with Gasteiger partial charge in [0.15, 0.2) is 0 Å². The van der Waals surface area contributed by atoms with Crippen molar-refractivity contribution in [1.82, 2.24) is 0 Å². The Morgan fingerprint density at radius 2 is 1.35 bits per heavy atom. The molecule has 0 atom stereocenters. The molecule has 2 aromatic carbocycles. The number of aliphatic hydroxyl groups excluding tert-OH is 1. The minimum atomic E-state index is -2.92. The first-order valence-electron chi connectivity index (χ1n) is 7.92. The summed E-state index contributed by atoms with van der Waals surface area (Å²) in [5.41, 5.74) is 0. The lowest BCUT2D eigenvalue weighted by Crippen LogP contribution is -2.65. The maximum Gasteiger partial charge on any atom is 0.258 e. The average Bonchev–Trinajstić information content (AvgIpc) is 2.59. The highest BCUT2D eigenvalue weighted by atomic mass is 28.4. The van der Waals surface area contributed by atoms with Gasteiger partial charge in [-0.3, -0.25) is 0 Å². The Bertz CT molecular complexity index is 630. The van der Waals surface area contributed by atoms with E-state index in [9.17, 15) is 4.80 Å². The van der Waals surface area contributed by atoms with E-state index in [-0.39, 0.29) is 11.6 Å². The van der Waals surface area contributed by atoms with E-state index in [0.717, 1.165) is 16.8 Å². The van der Waals surface area contributed by atoms with E-state index < -0.39 is 8.32 Å². The third kappa shape index (κ3) is 3.73. The van der Waals surface area contributed by atoms with Crippen LogP contribution in [-0.2, 0) is 0 Å². The van der Waals surface area contributed by atoms with Gasteiger partial charge in [-0.15, -0.1) is 5.92 Å². The monoisotopic (exact) mass is 324 g/mol. The van der Waals surface area contributed by atoms with E-state index in [2.05, 4.69) is 25.7 Å². The van der Waals surface area contributed by atoms with Crippen LogP contribution in [0.5, 0.6) is 0 Å². The molecular formula is C20H24O2Si. The molecule has 0 amide bonds. The molecule has 0 unspecified atom stereocenters. The number of hydrogen-bond acceptors (Lipinski definition) is 2. The summed E-state index contributed by atoms with van der Waals surface area (Å²) in [5, 5.41) is 10.6. The van der Waals surface area contributed by atoms with Crippen LogP contribution in [0.1, 0.15) is 26.7 Å². The molecule has 120 valence electrons. The molecule has 0 aliphatic rings. The largest absolute Gasteiger partial charge is 0.424 e. The second-order valence-electron chi connectivity index (χ2n) is 6.34. The van der Waals surface area contributed by atoms with Gasteiger partial charge >= 0.3 is 0 Å². The first kappa shape index (κ1) is 17.5. The zero-order chi connectivity index (χ0) is 16.8. The van der Waals surface area contributed by atoms with Crippen molar-refractivity contribution in [3.63, 3.8) is 0 Å². The third-order valence-corrected chi connectivity index (χ3v) is 8.99. The second kappa shape index (κ2) is 7.61. The van der Waals surface area contributed by atoms with Gasteiger partial charge in [0.2, 0.25) is 0 Å². The molecule has 0 heterocycles. The van der Waals surface area contributed by atoms with Crippen molar-refractivity contribution in [2.45, 2.75) is 31.7 Å². The molecule has 2 rings (SSSR count). The molecule has 0 saturated heterocycles. The Morgan fingerprint density at radius 3 is 1.78 bits per heavy atom. The van der Waals surface area contributed by atoms with Crippen LogP contribution in [0, 0.1) is 11.8 Å². The van der Waals surface area contributed by atoms with Gasteiger partial charge in [0.1, 0.15) is 6.61 Å². The van der Waals surface area contributed by atoms with Crippen molar-refractivity contribution in [1.29, 1.82) is 0 Å². The van der Waals surface area contributed by atoms with Crippen molar-refractivity contribution in [3.8, 4) is 11.8 Å². The van der Waals surface area contributed by atoms with Gasteiger partial charge in [0.05, 0.1) is 0 Å². The summed E-state index contributed by atoms with van der Waals surface area (Å²) in [4.78, 5) is 11.9. The van der Waals surface area contributed by atoms with Crippen LogP contribution in [0.15, 0.2) is 60.7 Å². The van der Waals surface area contributed by atoms with E-state index in [0.29, 0.717) is 6.42 Å². The lowest BCUT2D eigenvalue weighted by Gasteiger charge is -2.41. The molecule has 0 spiro atoms. The summed E-state index contributed by atoms with van der Waals surface area (Å²) in [7, 11) is -2.92. The van der Waals surface area contributed by atoms with Crippen LogP contribution in [0.3, 0.4) is 0 Å². The molecule has 2 N–H and O–H groups in total. The van der Waals surface area contributed by atoms with Crippen molar-refractivity contribution < 1.29 is 9.90 Å². The molecule has 23 heavy (non-hydrogen) atoms. The minimum absolute atomic E-state index is 0.112. The maximum absolute atomic E-state index is 11.9. The summed E-state index contributed by atoms with van der Waals surface area (Å²) in [6.45, 7) is 4.14. The Hall–Kier alpha value is -1.86. The van der Waals surface area contributed by atoms with Gasteiger partial charge in [0.25, 0.3) is 8.32 Å². The van der Waals surface area contributed by atoms with E-state index in [1.807, 2.05) is 60.7 Å². The summed E-state index contributed by atoms with van der Waals surface area (Å²) in [6, 6.07) is 20.0. The van der Waals surface area contributed by atoms with E-state index in [1.165, 1.54) is 0 Å². The molecule has 3 heteroatoms. The average molecular weight is 324 g/mol. The first-order valence-corrected chi connectivity index (χ1v) is 9.87. The van der Waals surface area contributed by atoms with Gasteiger partial charge in [-0.05, 0) is 21.8 Å². The van der Waals surface area contributed by atoms with Gasteiger partial charge < -0.3 is 9.90 Å². The molecule has 0 fully saturated rings. The van der Waals surface area contributed by atoms with Crippen molar-refractivity contribution >= 4 is 18.7 Å². The Labute approximate surface area is 140 Å². The van der Waals surface area contributed by atoms with E-state index >= 15 is 0 Å². The highest BCUT2D eigenvalue weighted by Crippen LogP contribution is 2.39. The smallest absolute Gasteiger partial charge is 0.258 e. The molecule has 0 saturated carbocycles. The number of rotatable bonds is 5. The van der Waals surface area contributed by atoms with Gasteiger partial charge in [-0.1, -0.05) is 80.4 Å². The van der Waals surface area contributed by atoms with Crippen LogP contribution in [0.4, 0.5) is 0 Å². The normalized spacial score (nSPS) is 11.7. The fourth-order valence-corrected chi connectivity index (χ4v) is 6.74. The van der Waals surface area contributed by atoms with E-state index in [4.69, 9.17) is 5.11 Å². The zero-order valence-corrected chi connectivity index (χ0v) is 14.8.